The summed E-state index contributed by atoms with van der Waals surface area (Å²) in [5, 5.41) is 4.23. The van der Waals surface area contributed by atoms with Crippen molar-refractivity contribution in [3.05, 3.63) is 35.1 Å². The molecule has 0 radical (unpaired) electrons. The van der Waals surface area contributed by atoms with E-state index in [1.165, 1.54) is 5.56 Å². The third-order valence-corrected chi connectivity index (χ3v) is 3.82. The summed E-state index contributed by atoms with van der Waals surface area (Å²) in [5.41, 5.74) is 9.35. The van der Waals surface area contributed by atoms with Crippen LogP contribution in [0.2, 0.25) is 0 Å². The second-order valence-corrected chi connectivity index (χ2v) is 5.28. The molecular weight excluding hydrogens is 268 g/mol. The maximum absolute atomic E-state index is 10.8. The van der Waals surface area contributed by atoms with Crippen LogP contribution in [0.25, 0.3) is 11.3 Å². The molecule has 0 saturated carbocycles. The quantitative estimate of drug-likeness (QED) is 0.935. The topological polar surface area (TPSA) is 78.3 Å². The van der Waals surface area contributed by atoms with Crippen molar-refractivity contribution in [1.29, 1.82) is 0 Å². The van der Waals surface area contributed by atoms with E-state index in [1.807, 2.05) is 12.1 Å². The van der Waals surface area contributed by atoms with E-state index in [2.05, 4.69) is 12.1 Å². The summed E-state index contributed by atoms with van der Waals surface area (Å²) in [5.74, 6) is 1.48. The SMILES string of the molecule is CCCCc1onc2c1CCc1cc(OC(N)=O)ccc1-2. The Bertz CT molecular complexity index is 676. The molecule has 1 aromatic heterocycles. The van der Waals surface area contributed by atoms with Crippen LogP contribution in [-0.2, 0) is 19.3 Å². The van der Waals surface area contributed by atoms with Gasteiger partial charge in [0, 0.05) is 17.5 Å². The third-order valence-electron chi connectivity index (χ3n) is 3.82. The van der Waals surface area contributed by atoms with Crippen LogP contribution in [0.5, 0.6) is 5.75 Å². The Morgan fingerprint density at radius 2 is 2.29 bits per heavy atom. The minimum absolute atomic E-state index is 0.472. The number of nitrogens with zero attached hydrogens (tertiary/aromatic N) is 1. The zero-order valence-corrected chi connectivity index (χ0v) is 12.0. The summed E-state index contributed by atoms with van der Waals surface area (Å²) in [6.45, 7) is 2.17. The van der Waals surface area contributed by atoms with Crippen LogP contribution in [0.1, 0.15) is 36.7 Å². The zero-order valence-electron chi connectivity index (χ0n) is 12.0. The first-order chi connectivity index (χ1) is 10.2. The molecule has 3 rings (SSSR count). The number of fused-ring (bicyclic) bond motifs is 3. The second kappa shape index (κ2) is 5.60. The molecule has 1 amide bonds. The van der Waals surface area contributed by atoms with Crippen molar-refractivity contribution >= 4 is 6.09 Å². The minimum Gasteiger partial charge on any atom is -0.410 e. The van der Waals surface area contributed by atoms with Crippen molar-refractivity contribution in [2.45, 2.75) is 39.0 Å². The fourth-order valence-corrected chi connectivity index (χ4v) is 2.79. The van der Waals surface area contributed by atoms with E-state index < -0.39 is 6.09 Å². The van der Waals surface area contributed by atoms with Crippen molar-refractivity contribution in [1.82, 2.24) is 5.16 Å². The number of nitrogens with two attached hydrogens (primary N) is 1. The lowest BCUT2D eigenvalue weighted by molar-refractivity contribution is 0.211. The number of ether oxygens (including phenoxy) is 1. The van der Waals surface area contributed by atoms with Gasteiger partial charge in [-0.3, -0.25) is 0 Å². The molecular formula is C16H18N2O3. The molecule has 2 aromatic rings. The Kier molecular flexibility index (Phi) is 3.64. The number of rotatable bonds is 4. The molecule has 0 unspecified atom stereocenters. The molecule has 5 nitrogen and oxygen atoms in total. The molecule has 2 N–H and O–H groups in total. The van der Waals surface area contributed by atoms with Crippen molar-refractivity contribution in [3.63, 3.8) is 0 Å². The average Bonchev–Trinajstić information content (AvgIpc) is 2.87. The van der Waals surface area contributed by atoms with E-state index in [0.29, 0.717) is 5.75 Å². The largest absolute Gasteiger partial charge is 0.410 e. The van der Waals surface area contributed by atoms with Crippen molar-refractivity contribution in [2.75, 3.05) is 0 Å². The highest BCUT2D eigenvalue weighted by Crippen LogP contribution is 2.36. The normalized spacial score (nSPS) is 12.6. The Morgan fingerprint density at radius 1 is 1.43 bits per heavy atom. The zero-order chi connectivity index (χ0) is 14.8. The van der Waals surface area contributed by atoms with Gasteiger partial charge in [0.1, 0.15) is 17.2 Å². The molecule has 1 aliphatic rings. The Morgan fingerprint density at radius 3 is 3.05 bits per heavy atom. The second-order valence-electron chi connectivity index (χ2n) is 5.28. The van der Waals surface area contributed by atoms with Crippen LogP contribution in [0.4, 0.5) is 4.79 Å². The molecule has 0 aliphatic heterocycles. The van der Waals surface area contributed by atoms with Crippen molar-refractivity contribution < 1.29 is 14.1 Å². The van der Waals surface area contributed by atoms with Gasteiger partial charge in [0.25, 0.3) is 0 Å². The van der Waals surface area contributed by atoms with Crippen molar-refractivity contribution in [2.24, 2.45) is 5.73 Å². The molecule has 0 bridgehead atoms. The number of carbonyl (C=O) groups excluding carboxylic acids is 1. The summed E-state index contributed by atoms with van der Waals surface area (Å²) in [6.07, 6.45) is 4.19. The van der Waals surface area contributed by atoms with Gasteiger partial charge in [-0.1, -0.05) is 18.5 Å². The van der Waals surface area contributed by atoms with Gasteiger partial charge < -0.3 is 15.0 Å². The van der Waals surface area contributed by atoms with Gasteiger partial charge in [0.15, 0.2) is 0 Å². The monoisotopic (exact) mass is 286 g/mol. The van der Waals surface area contributed by atoms with Gasteiger partial charge in [-0.15, -0.1) is 0 Å². The first-order valence-corrected chi connectivity index (χ1v) is 7.27. The predicted molar refractivity (Wildman–Crippen MR) is 78.2 cm³/mol. The number of primary amides is 1. The van der Waals surface area contributed by atoms with Crippen LogP contribution in [0, 0.1) is 0 Å². The number of hydrogen-bond acceptors (Lipinski definition) is 4. The number of amides is 1. The fraction of sp³-hybridized carbons (Fsp3) is 0.375. The van der Waals surface area contributed by atoms with E-state index in [-0.39, 0.29) is 0 Å². The molecule has 1 heterocycles. The highest BCUT2D eigenvalue weighted by atomic mass is 16.5. The molecule has 0 spiro atoms. The lowest BCUT2D eigenvalue weighted by Gasteiger charge is -2.16. The van der Waals surface area contributed by atoms with Crippen LogP contribution >= 0.6 is 0 Å². The first-order valence-electron chi connectivity index (χ1n) is 7.27. The van der Waals surface area contributed by atoms with Gasteiger partial charge in [0.2, 0.25) is 0 Å². The maximum Gasteiger partial charge on any atom is 0.409 e. The van der Waals surface area contributed by atoms with Crippen molar-refractivity contribution in [3.8, 4) is 17.0 Å². The van der Waals surface area contributed by atoms with E-state index >= 15 is 0 Å². The first kappa shape index (κ1) is 13.7. The van der Waals surface area contributed by atoms with E-state index in [4.69, 9.17) is 15.0 Å². The van der Waals surface area contributed by atoms with Gasteiger partial charge in [-0.2, -0.15) is 0 Å². The number of benzene rings is 1. The number of carbonyl (C=O) groups is 1. The molecule has 0 fully saturated rings. The number of aromatic nitrogens is 1. The summed E-state index contributed by atoms with van der Waals surface area (Å²) in [6, 6.07) is 5.50. The Balaban J connectivity index is 1.92. The van der Waals surface area contributed by atoms with Gasteiger partial charge in [-0.25, -0.2) is 4.79 Å². The van der Waals surface area contributed by atoms with Gasteiger partial charge in [-0.05, 0) is 43.0 Å². The summed E-state index contributed by atoms with van der Waals surface area (Å²) >= 11 is 0. The summed E-state index contributed by atoms with van der Waals surface area (Å²) in [7, 11) is 0. The molecule has 21 heavy (non-hydrogen) atoms. The van der Waals surface area contributed by atoms with Gasteiger partial charge >= 0.3 is 6.09 Å². The van der Waals surface area contributed by atoms with Crippen LogP contribution < -0.4 is 10.5 Å². The highest BCUT2D eigenvalue weighted by molar-refractivity contribution is 5.73. The Hall–Kier alpha value is -2.30. The number of unbranched alkanes of at least 4 members (excludes halogenated alkanes) is 1. The number of aryl methyl sites for hydroxylation is 2. The molecule has 5 heteroatoms. The molecule has 1 aromatic carbocycles. The highest BCUT2D eigenvalue weighted by Gasteiger charge is 2.24. The lowest BCUT2D eigenvalue weighted by Crippen LogP contribution is -2.16. The number of hydrogen-bond donors (Lipinski definition) is 1. The minimum atomic E-state index is -0.797. The standard InChI is InChI=1S/C16H18N2O3/c1-2-3-4-14-13-7-5-10-9-11(20-16(17)19)6-8-12(10)15(13)18-21-14/h6,8-9H,2-5,7H2,1H3,(H2,17,19). The molecule has 1 aliphatic carbocycles. The van der Waals surface area contributed by atoms with E-state index in [9.17, 15) is 4.79 Å². The summed E-state index contributed by atoms with van der Waals surface area (Å²) < 4.78 is 10.4. The van der Waals surface area contributed by atoms with E-state index in [0.717, 1.165) is 54.7 Å². The van der Waals surface area contributed by atoms with Crippen LogP contribution in [-0.4, -0.2) is 11.2 Å². The molecule has 110 valence electrons. The predicted octanol–water partition coefficient (Wildman–Crippen LogP) is 3.24. The van der Waals surface area contributed by atoms with Crippen LogP contribution in [0.15, 0.2) is 22.7 Å². The lowest BCUT2D eigenvalue weighted by atomic mass is 9.88. The maximum atomic E-state index is 10.8. The fourth-order valence-electron chi connectivity index (χ4n) is 2.79. The van der Waals surface area contributed by atoms with Gasteiger partial charge in [0.05, 0.1) is 0 Å². The average molecular weight is 286 g/mol. The third kappa shape index (κ3) is 2.63. The van der Waals surface area contributed by atoms with Crippen LogP contribution in [0.3, 0.4) is 0 Å². The molecule has 0 atom stereocenters. The smallest absolute Gasteiger partial charge is 0.409 e. The molecule has 0 saturated heterocycles. The Labute approximate surface area is 123 Å². The van der Waals surface area contributed by atoms with E-state index in [1.54, 1.807) is 6.07 Å². The summed E-state index contributed by atoms with van der Waals surface area (Å²) in [4.78, 5) is 10.8.